The lowest BCUT2D eigenvalue weighted by Gasteiger charge is -2.50. The Hall–Kier alpha value is -1.22. The molecule has 1 aromatic carbocycles. The van der Waals surface area contributed by atoms with Crippen molar-refractivity contribution in [3.05, 3.63) is 42.1 Å². The minimum Gasteiger partial charge on any atom is -0.350 e. The monoisotopic (exact) mass is 354 g/mol. The molecule has 0 saturated heterocycles. The molecule has 2 nitrogen and oxygen atoms in total. The van der Waals surface area contributed by atoms with Gasteiger partial charge in [-0.25, -0.2) is 4.99 Å². The Morgan fingerprint density at radius 2 is 1.64 bits per heavy atom. The van der Waals surface area contributed by atoms with Gasteiger partial charge in [0.15, 0.2) is 0 Å². The van der Waals surface area contributed by atoms with E-state index in [1.54, 1.807) is 0 Å². The molecular formula is C22H30N2S. The van der Waals surface area contributed by atoms with Gasteiger partial charge in [0.1, 0.15) is 10.7 Å². The molecule has 0 aromatic heterocycles. The first-order valence-electron chi connectivity index (χ1n) is 10.0. The van der Waals surface area contributed by atoms with E-state index in [-0.39, 0.29) is 5.66 Å². The van der Waals surface area contributed by atoms with Gasteiger partial charge in [-0.3, -0.25) is 0 Å². The minimum atomic E-state index is 0.0386. The second-order valence-electron chi connectivity index (χ2n) is 7.77. The number of aliphatic imine (C=N–C) groups is 1. The Kier molecular flexibility index (Phi) is 5.21. The molecule has 4 rings (SSSR count). The van der Waals surface area contributed by atoms with E-state index in [4.69, 9.17) is 4.99 Å². The summed E-state index contributed by atoms with van der Waals surface area (Å²) in [5.74, 6) is 0. The first-order chi connectivity index (χ1) is 12.3. The summed E-state index contributed by atoms with van der Waals surface area (Å²) in [6.07, 6.45) is 18.0. The standard InChI is InChI=1S/C22H30N2S/c1-25-21-20(18-11-5-2-6-12-18)17-24(19-13-7-3-8-14-19)22(23-21)15-9-4-10-16-22/h2,5-6,11-12,17,19H,3-4,7-10,13-16H2,1H3. The van der Waals surface area contributed by atoms with E-state index in [1.165, 1.54) is 80.4 Å². The second kappa shape index (κ2) is 7.57. The van der Waals surface area contributed by atoms with Crippen molar-refractivity contribution in [2.45, 2.75) is 75.9 Å². The van der Waals surface area contributed by atoms with Crippen LogP contribution < -0.4 is 0 Å². The van der Waals surface area contributed by atoms with Gasteiger partial charge in [-0.05, 0) is 50.3 Å². The molecule has 1 heterocycles. The molecule has 0 unspecified atom stereocenters. The van der Waals surface area contributed by atoms with E-state index >= 15 is 0 Å². The molecule has 1 spiro atoms. The lowest BCUT2D eigenvalue weighted by molar-refractivity contribution is 0.0483. The van der Waals surface area contributed by atoms with Crippen molar-refractivity contribution in [1.29, 1.82) is 0 Å². The number of hydrogen-bond acceptors (Lipinski definition) is 3. The SMILES string of the molecule is CSC1=NC2(CCCCC2)N(C2CCCCC2)C=C1c1ccccc1. The van der Waals surface area contributed by atoms with Crippen LogP contribution in [0.2, 0.25) is 0 Å². The van der Waals surface area contributed by atoms with Crippen molar-refractivity contribution in [3.8, 4) is 0 Å². The molecule has 25 heavy (non-hydrogen) atoms. The zero-order chi connectivity index (χ0) is 17.1. The highest BCUT2D eigenvalue weighted by Crippen LogP contribution is 2.44. The minimum absolute atomic E-state index is 0.0386. The summed E-state index contributed by atoms with van der Waals surface area (Å²) in [4.78, 5) is 8.16. The van der Waals surface area contributed by atoms with Gasteiger partial charge in [0.05, 0.1) is 0 Å². The van der Waals surface area contributed by atoms with Gasteiger partial charge in [-0.1, -0.05) is 56.0 Å². The fourth-order valence-electron chi connectivity index (χ4n) is 4.89. The molecule has 1 aromatic rings. The van der Waals surface area contributed by atoms with E-state index in [1.807, 2.05) is 11.8 Å². The molecule has 2 saturated carbocycles. The zero-order valence-electron chi connectivity index (χ0n) is 15.4. The smallest absolute Gasteiger partial charge is 0.133 e. The average molecular weight is 355 g/mol. The Bertz CT molecular complexity index is 637. The summed E-state index contributed by atoms with van der Waals surface area (Å²) in [6, 6.07) is 11.5. The van der Waals surface area contributed by atoms with Crippen LogP contribution in [0.1, 0.15) is 69.8 Å². The average Bonchev–Trinajstić information content (AvgIpc) is 2.69. The molecular weight excluding hydrogens is 324 g/mol. The normalized spacial score (nSPS) is 24.1. The molecule has 1 aliphatic heterocycles. The fourth-order valence-corrected chi connectivity index (χ4v) is 5.54. The maximum Gasteiger partial charge on any atom is 0.133 e. The number of thioether (sulfide) groups is 1. The summed E-state index contributed by atoms with van der Waals surface area (Å²) in [5, 5.41) is 1.24. The van der Waals surface area contributed by atoms with Crippen LogP contribution in [-0.2, 0) is 0 Å². The lowest BCUT2D eigenvalue weighted by atomic mass is 9.83. The molecule has 3 aliphatic rings. The van der Waals surface area contributed by atoms with Crippen molar-refractivity contribution < 1.29 is 0 Å². The molecule has 0 atom stereocenters. The largest absolute Gasteiger partial charge is 0.350 e. The third kappa shape index (κ3) is 3.40. The molecule has 0 N–H and O–H groups in total. The number of rotatable bonds is 2. The summed E-state index contributed by atoms with van der Waals surface area (Å²) in [5.41, 5.74) is 2.67. The predicted octanol–water partition coefficient (Wildman–Crippen LogP) is 6.10. The summed E-state index contributed by atoms with van der Waals surface area (Å²) < 4.78 is 0. The first kappa shape index (κ1) is 17.2. The highest BCUT2D eigenvalue weighted by Gasteiger charge is 2.43. The third-order valence-electron chi connectivity index (χ3n) is 6.19. The van der Waals surface area contributed by atoms with E-state index in [2.05, 4.69) is 47.7 Å². The van der Waals surface area contributed by atoms with E-state index in [0.29, 0.717) is 6.04 Å². The molecule has 0 bridgehead atoms. The van der Waals surface area contributed by atoms with E-state index in [9.17, 15) is 0 Å². The first-order valence-corrected chi connectivity index (χ1v) is 11.2. The van der Waals surface area contributed by atoms with Crippen molar-refractivity contribution in [3.63, 3.8) is 0 Å². The highest BCUT2D eigenvalue weighted by molar-refractivity contribution is 8.14. The quantitative estimate of drug-likeness (QED) is 0.638. The van der Waals surface area contributed by atoms with E-state index < -0.39 is 0 Å². The maximum atomic E-state index is 5.44. The molecule has 2 aliphatic carbocycles. The van der Waals surface area contributed by atoms with Crippen molar-refractivity contribution in [2.75, 3.05) is 6.26 Å². The van der Waals surface area contributed by atoms with Crippen LogP contribution in [0.5, 0.6) is 0 Å². The lowest BCUT2D eigenvalue weighted by Crippen LogP contribution is -2.53. The van der Waals surface area contributed by atoms with Gasteiger partial charge >= 0.3 is 0 Å². The van der Waals surface area contributed by atoms with Gasteiger partial charge in [-0.15, -0.1) is 11.8 Å². The Labute approximate surface area is 156 Å². The van der Waals surface area contributed by atoms with Crippen LogP contribution in [-0.4, -0.2) is 27.9 Å². The van der Waals surface area contributed by atoms with Crippen molar-refractivity contribution in [2.24, 2.45) is 4.99 Å². The number of hydrogen-bond donors (Lipinski definition) is 0. The van der Waals surface area contributed by atoms with Crippen LogP contribution in [0.25, 0.3) is 5.57 Å². The van der Waals surface area contributed by atoms with Crippen LogP contribution in [0.4, 0.5) is 0 Å². The Balaban J connectivity index is 1.75. The summed E-state index contributed by atoms with van der Waals surface area (Å²) in [7, 11) is 0. The Morgan fingerprint density at radius 3 is 2.32 bits per heavy atom. The van der Waals surface area contributed by atoms with Gasteiger partial charge in [-0.2, -0.15) is 0 Å². The van der Waals surface area contributed by atoms with Crippen molar-refractivity contribution >= 4 is 22.4 Å². The van der Waals surface area contributed by atoms with Crippen LogP contribution in [0.3, 0.4) is 0 Å². The van der Waals surface area contributed by atoms with Gasteiger partial charge in [0, 0.05) is 17.8 Å². The van der Waals surface area contributed by atoms with Crippen LogP contribution >= 0.6 is 11.8 Å². The number of benzene rings is 1. The molecule has 2 fully saturated rings. The second-order valence-corrected chi connectivity index (χ2v) is 8.57. The fraction of sp³-hybridized carbons (Fsp3) is 0.591. The maximum absolute atomic E-state index is 5.44. The third-order valence-corrected chi connectivity index (χ3v) is 6.89. The summed E-state index contributed by atoms with van der Waals surface area (Å²) >= 11 is 1.82. The van der Waals surface area contributed by atoms with E-state index in [0.717, 1.165) is 0 Å². The molecule has 134 valence electrons. The molecule has 0 radical (unpaired) electrons. The molecule has 3 heteroatoms. The van der Waals surface area contributed by atoms with Crippen LogP contribution in [0, 0.1) is 0 Å². The number of nitrogens with zero attached hydrogens (tertiary/aromatic N) is 2. The van der Waals surface area contributed by atoms with Gasteiger partial charge < -0.3 is 4.90 Å². The van der Waals surface area contributed by atoms with Crippen molar-refractivity contribution in [1.82, 2.24) is 4.90 Å². The Morgan fingerprint density at radius 1 is 0.960 bits per heavy atom. The van der Waals surface area contributed by atoms with Crippen LogP contribution in [0.15, 0.2) is 41.5 Å². The molecule has 0 amide bonds. The summed E-state index contributed by atoms with van der Waals surface area (Å²) in [6.45, 7) is 0. The topological polar surface area (TPSA) is 15.6 Å². The highest BCUT2D eigenvalue weighted by atomic mass is 32.2. The predicted molar refractivity (Wildman–Crippen MR) is 110 cm³/mol. The van der Waals surface area contributed by atoms with Gasteiger partial charge in [0.2, 0.25) is 0 Å². The zero-order valence-corrected chi connectivity index (χ0v) is 16.2. The van der Waals surface area contributed by atoms with Gasteiger partial charge in [0.25, 0.3) is 0 Å².